The maximum Gasteiger partial charge on any atom is 0.0379 e. The number of alkyl halides is 1. The molecule has 1 fully saturated rings. The first-order chi connectivity index (χ1) is 8.74. The minimum absolute atomic E-state index is 0.315. The molecule has 0 spiro atoms. The van der Waals surface area contributed by atoms with Crippen molar-refractivity contribution in [2.24, 2.45) is 5.92 Å². The van der Waals surface area contributed by atoms with Crippen LogP contribution in [0.25, 0.3) is 0 Å². The summed E-state index contributed by atoms with van der Waals surface area (Å²) in [7, 11) is 0. The maximum absolute atomic E-state index is 6.55. The maximum atomic E-state index is 6.55. The summed E-state index contributed by atoms with van der Waals surface area (Å²) in [5.41, 5.74) is 2.73. The Labute approximate surface area is 117 Å². The SMILES string of the molecule is Cc1cccc(CC(Cl)CC2CCCCCC2)c1. The Bertz CT molecular complexity index is 350. The fraction of sp³-hybridized carbons (Fsp3) is 0.647. The van der Waals surface area contributed by atoms with Crippen molar-refractivity contribution in [1.82, 2.24) is 0 Å². The second-order valence-electron chi connectivity index (χ2n) is 5.88. The number of benzene rings is 1. The summed E-state index contributed by atoms with van der Waals surface area (Å²) >= 11 is 6.55. The molecule has 0 nitrogen and oxygen atoms in total. The molecule has 1 atom stereocenters. The van der Waals surface area contributed by atoms with Gasteiger partial charge in [0.2, 0.25) is 0 Å². The molecule has 1 saturated carbocycles. The summed E-state index contributed by atoms with van der Waals surface area (Å²) < 4.78 is 0. The molecule has 0 bridgehead atoms. The molecule has 0 amide bonds. The van der Waals surface area contributed by atoms with Crippen LogP contribution in [-0.4, -0.2) is 5.38 Å². The van der Waals surface area contributed by atoms with E-state index in [-0.39, 0.29) is 0 Å². The van der Waals surface area contributed by atoms with Crippen molar-refractivity contribution in [3.8, 4) is 0 Å². The minimum Gasteiger partial charge on any atom is -0.123 e. The largest absolute Gasteiger partial charge is 0.123 e. The van der Waals surface area contributed by atoms with Gasteiger partial charge in [0.15, 0.2) is 0 Å². The van der Waals surface area contributed by atoms with Crippen LogP contribution in [0, 0.1) is 12.8 Å². The average molecular weight is 265 g/mol. The smallest absolute Gasteiger partial charge is 0.0379 e. The number of hydrogen-bond donors (Lipinski definition) is 0. The van der Waals surface area contributed by atoms with Gasteiger partial charge in [0, 0.05) is 5.38 Å². The standard InChI is InChI=1S/C17H25Cl/c1-14-7-6-10-16(11-14)13-17(18)12-15-8-4-2-3-5-9-15/h6-7,10-11,15,17H,2-5,8-9,12-13H2,1H3. The zero-order chi connectivity index (χ0) is 12.8. The highest BCUT2D eigenvalue weighted by molar-refractivity contribution is 6.20. The molecule has 100 valence electrons. The third-order valence-electron chi connectivity index (χ3n) is 4.10. The van der Waals surface area contributed by atoms with Crippen LogP contribution in [0.4, 0.5) is 0 Å². The highest BCUT2D eigenvalue weighted by Crippen LogP contribution is 2.28. The molecule has 0 saturated heterocycles. The van der Waals surface area contributed by atoms with Crippen LogP contribution in [0.1, 0.15) is 56.1 Å². The highest BCUT2D eigenvalue weighted by atomic mass is 35.5. The quantitative estimate of drug-likeness (QED) is 0.497. The molecule has 1 unspecified atom stereocenters. The fourth-order valence-corrected chi connectivity index (χ4v) is 3.57. The van der Waals surface area contributed by atoms with Gasteiger partial charge in [0.1, 0.15) is 0 Å². The molecule has 2 rings (SSSR count). The third kappa shape index (κ3) is 4.65. The fourth-order valence-electron chi connectivity index (χ4n) is 3.14. The average Bonchev–Trinajstić information content (AvgIpc) is 2.57. The lowest BCUT2D eigenvalue weighted by Gasteiger charge is -2.18. The summed E-state index contributed by atoms with van der Waals surface area (Å²) in [6.45, 7) is 2.15. The first kappa shape index (κ1) is 13.9. The molecule has 0 aromatic heterocycles. The van der Waals surface area contributed by atoms with Gasteiger partial charge in [-0.1, -0.05) is 68.4 Å². The van der Waals surface area contributed by atoms with Crippen LogP contribution in [-0.2, 0) is 6.42 Å². The first-order valence-corrected chi connectivity index (χ1v) is 7.87. The van der Waals surface area contributed by atoms with E-state index < -0.39 is 0 Å². The molecule has 1 aromatic rings. The molecule has 0 radical (unpaired) electrons. The molecule has 0 aliphatic heterocycles. The molecule has 0 N–H and O–H groups in total. The van der Waals surface area contributed by atoms with Crippen LogP contribution in [0.2, 0.25) is 0 Å². The zero-order valence-electron chi connectivity index (χ0n) is 11.5. The summed E-state index contributed by atoms with van der Waals surface area (Å²) in [6, 6.07) is 8.76. The second-order valence-corrected chi connectivity index (χ2v) is 6.50. The van der Waals surface area contributed by atoms with Crippen LogP contribution in [0.3, 0.4) is 0 Å². The van der Waals surface area contributed by atoms with Gasteiger partial charge in [-0.05, 0) is 31.2 Å². The van der Waals surface area contributed by atoms with Gasteiger partial charge < -0.3 is 0 Å². The van der Waals surface area contributed by atoms with E-state index in [1.54, 1.807) is 0 Å². The predicted octanol–water partition coefficient (Wildman–Crippen LogP) is 5.51. The predicted molar refractivity (Wildman–Crippen MR) is 80.3 cm³/mol. The highest BCUT2D eigenvalue weighted by Gasteiger charge is 2.16. The van der Waals surface area contributed by atoms with Crippen molar-refractivity contribution in [1.29, 1.82) is 0 Å². The van der Waals surface area contributed by atoms with Crippen LogP contribution >= 0.6 is 11.6 Å². The Hall–Kier alpha value is -0.490. The van der Waals surface area contributed by atoms with Crippen molar-refractivity contribution in [2.45, 2.75) is 63.7 Å². The Morgan fingerprint density at radius 1 is 1.17 bits per heavy atom. The second kappa shape index (κ2) is 7.19. The van der Waals surface area contributed by atoms with E-state index in [0.717, 1.165) is 12.3 Å². The van der Waals surface area contributed by atoms with E-state index >= 15 is 0 Å². The van der Waals surface area contributed by atoms with E-state index in [9.17, 15) is 0 Å². The molecule has 1 aromatic carbocycles. The van der Waals surface area contributed by atoms with E-state index in [4.69, 9.17) is 11.6 Å². The van der Waals surface area contributed by atoms with Crippen LogP contribution in [0.5, 0.6) is 0 Å². The number of hydrogen-bond acceptors (Lipinski definition) is 0. The lowest BCUT2D eigenvalue weighted by molar-refractivity contribution is 0.419. The van der Waals surface area contributed by atoms with E-state index in [1.165, 1.54) is 56.1 Å². The number of halogens is 1. The molecule has 0 heterocycles. The summed E-state index contributed by atoms with van der Waals surface area (Å²) in [6.07, 6.45) is 10.7. The molecule has 1 heteroatoms. The van der Waals surface area contributed by atoms with Gasteiger partial charge in [-0.25, -0.2) is 0 Å². The molecular formula is C17H25Cl. The van der Waals surface area contributed by atoms with E-state index in [1.807, 2.05) is 0 Å². The van der Waals surface area contributed by atoms with Crippen molar-refractivity contribution in [2.75, 3.05) is 0 Å². The van der Waals surface area contributed by atoms with Gasteiger partial charge in [-0.15, -0.1) is 11.6 Å². The zero-order valence-corrected chi connectivity index (χ0v) is 12.3. The number of rotatable bonds is 4. The van der Waals surface area contributed by atoms with Gasteiger partial charge in [-0.2, -0.15) is 0 Å². The van der Waals surface area contributed by atoms with Crippen LogP contribution < -0.4 is 0 Å². The topological polar surface area (TPSA) is 0 Å². The first-order valence-electron chi connectivity index (χ1n) is 7.43. The van der Waals surface area contributed by atoms with E-state index in [0.29, 0.717) is 5.38 Å². The number of aryl methyl sites for hydroxylation is 1. The molecular weight excluding hydrogens is 240 g/mol. The molecule has 1 aliphatic rings. The van der Waals surface area contributed by atoms with Gasteiger partial charge in [0.05, 0.1) is 0 Å². The Morgan fingerprint density at radius 3 is 2.56 bits per heavy atom. The summed E-state index contributed by atoms with van der Waals surface area (Å²) in [5, 5.41) is 0.315. The Morgan fingerprint density at radius 2 is 1.89 bits per heavy atom. The van der Waals surface area contributed by atoms with E-state index in [2.05, 4.69) is 31.2 Å². The summed E-state index contributed by atoms with van der Waals surface area (Å²) in [5.74, 6) is 0.875. The van der Waals surface area contributed by atoms with Crippen molar-refractivity contribution in [3.63, 3.8) is 0 Å². The van der Waals surface area contributed by atoms with Gasteiger partial charge in [-0.3, -0.25) is 0 Å². The van der Waals surface area contributed by atoms with Crippen molar-refractivity contribution < 1.29 is 0 Å². The molecule has 18 heavy (non-hydrogen) atoms. The lowest BCUT2D eigenvalue weighted by Crippen LogP contribution is -2.11. The summed E-state index contributed by atoms with van der Waals surface area (Å²) in [4.78, 5) is 0. The van der Waals surface area contributed by atoms with Crippen molar-refractivity contribution in [3.05, 3.63) is 35.4 Å². The van der Waals surface area contributed by atoms with Crippen molar-refractivity contribution >= 4 is 11.6 Å². The van der Waals surface area contributed by atoms with Gasteiger partial charge in [0.25, 0.3) is 0 Å². The monoisotopic (exact) mass is 264 g/mol. The normalized spacial score (nSPS) is 19.4. The van der Waals surface area contributed by atoms with Crippen LogP contribution in [0.15, 0.2) is 24.3 Å². The lowest BCUT2D eigenvalue weighted by atomic mass is 9.92. The van der Waals surface area contributed by atoms with Gasteiger partial charge >= 0.3 is 0 Å². The molecule has 1 aliphatic carbocycles. The minimum atomic E-state index is 0.315. The Balaban J connectivity index is 1.82. The Kier molecular flexibility index (Phi) is 5.56. The third-order valence-corrected chi connectivity index (χ3v) is 4.44.